The number of nitrogens with zero attached hydrogens (tertiary/aromatic N) is 3. The van der Waals surface area contributed by atoms with Gasteiger partial charge in [-0.3, -0.25) is 4.79 Å². The second-order valence-electron chi connectivity index (χ2n) is 10.3. The third kappa shape index (κ3) is 5.56. The van der Waals surface area contributed by atoms with E-state index in [0.717, 1.165) is 56.6 Å². The molecule has 1 fully saturated rings. The van der Waals surface area contributed by atoms with E-state index in [1.165, 1.54) is 0 Å². The van der Waals surface area contributed by atoms with Crippen LogP contribution in [0, 0.1) is 18.3 Å². The molecule has 1 aliphatic rings. The molecule has 3 aromatic heterocycles. The van der Waals surface area contributed by atoms with E-state index in [0.29, 0.717) is 12.1 Å². The molecule has 204 valence electrons. The fourth-order valence-corrected chi connectivity index (χ4v) is 6.99. The molecule has 0 bridgehead atoms. The Balaban J connectivity index is 1.47. The van der Waals surface area contributed by atoms with E-state index in [-0.39, 0.29) is 17.8 Å². The van der Waals surface area contributed by atoms with Crippen molar-refractivity contribution in [2.45, 2.75) is 52.1 Å². The Morgan fingerprint density at radius 1 is 1.18 bits per heavy atom. The molecular weight excluding hydrogens is 545 g/mol. The quantitative estimate of drug-likeness (QED) is 0.241. The van der Waals surface area contributed by atoms with Crippen molar-refractivity contribution in [2.24, 2.45) is 11.3 Å². The van der Waals surface area contributed by atoms with Gasteiger partial charge in [-0.1, -0.05) is 6.92 Å². The van der Waals surface area contributed by atoms with Gasteiger partial charge in [0.05, 0.1) is 15.3 Å². The Morgan fingerprint density at radius 3 is 2.62 bits per heavy atom. The number of benzene rings is 1. The van der Waals surface area contributed by atoms with Crippen molar-refractivity contribution in [3.63, 3.8) is 0 Å². The molecule has 0 radical (unpaired) electrons. The van der Waals surface area contributed by atoms with Crippen molar-refractivity contribution in [1.29, 1.82) is 0 Å². The minimum Gasteiger partial charge on any atom is -0.481 e. The van der Waals surface area contributed by atoms with Gasteiger partial charge in [-0.15, -0.1) is 22.7 Å². The molecule has 3 unspecified atom stereocenters. The van der Waals surface area contributed by atoms with Gasteiger partial charge in [0.25, 0.3) is 0 Å². The molecule has 2 N–H and O–H groups in total. The summed E-state index contributed by atoms with van der Waals surface area (Å²) < 4.78 is 39.6. The number of anilines is 2. The largest absolute Gasteiger partial charge is 0.481 e. The highest BCUT2D eigenvalue weighted by Crippen LogP contribution is 2.48. The SMILES string of the molecule is Cc1ccsc1-c1cc(Nc2nccc(C(F)(F)F)n2)cc(-c2cnc(C3CCC(C)(C(=O)O)C(C)C3)s2)c1. The van der Waals surface area contributed by atoms with Crippen LogP contribution in [0.2, 0.25) is 0 Å². The van der Waals surface area contributed by atoms with E-state index in [1.54, 1.807) is 22.7 Å². The van der Waals surface area contributed by atoms with E-state index in [4.69, 9.17) is 4.98 Å². The third-order valence-corrected chi connectivity index (χ3v) is 9.92. The second kappa shape index (κ2) is 10.3. The number of hydrogen-bond donors (Lipinski definition) is 2. The fraction of sp³-hybridized carbons (Fsp3) is 0.357. The van der Waals surface area contributed by atoms with Gasteiger partial charge in [0.15, 0.2) is 0 Å². The summed E-state index contributed by atoms with van der Waals surface area (Å²) in [5, 5.41) is 15.6. The Morgan fingerprint density at radius 2 is 1.95 bits per heavy atom. The highest BCUT2D eigenvalue weighted by Gasteiger charge is 2.44. The van der Waals surface area contributed by atoms with Crippen molar-refractivity contribution in [1.82, 2.24) is 15.0 Å². The van der Waals surface area contributed by atoms with Gasteiger partial charge in [0.1, 0.15) is 5.69 Å². The van der Waals surface area contributed by atoms with Gasteiger partial charge in [0, 0.05) is 28.9 Å². The molecule has 0 saturated heterocycles. The maximum Gasteiger partial charge on any atom is 0.433 e. The molecule has 3 heterocycles. The molecule has 1 aliphatic carbocycles. The third-order valence-electron chi connectivity index (χ3n) is 7.64. The minimum absolute atomic E-state index is 0.0227. The van der Waals surface area contributed by atoms with E-state index in [9.17, 15) is 23.1 Å². The number of halogens is 3. The van der Waals surface area contributed by atoms with Crippen LogP contribution in [0.5, 0.6) is 0 Å². The number of alkyl halides is 3. The average molecular weight is 573 g/mol. The van der Waals surface area contributed by atoms with Crippen LogP contribution in [-0.4, -0.2) is 26.0 Å². The number of carbonyl (C=O) groups is 1. The number of carboxylic acid groups (broad SMARTS) is 1. The lowest BCUT2D eigenvalue weighted by Gasteiger charge is -2.39. The number of hydrogen-bond acceptors (Lipinski definition) is 7. The maximum atomic E-state index is 13.2. The number of carboxylic acids is 1. The summed E-state index contributed by atoms with van der Waals surface area (Å²) in [6.45, 7) is 5.83. The number of thiazole rings is 1. The molecule has 4 aromatic rings. The van der Waals surface area contributed by atoms with Crippen molar-refractivity contribution in [3.05, 3.63) is 64.4 Å². The van der Waals surface area contributed by atoms with Crippen LogP contribution in [0.4, 0.5) is 24.8 Å². The van der Waals surface area contributed by atoms with Crippen LogP contribution < -0.4 is 5.32 Å². The van der Waals surface area contributed by atoms with Crippen LogP contribution in [0.25, 0.3) is 20.9 Å². The van der Waals surface area contributed by atoms with Gasteiger partial charge in [-0.05, 0) is 91.4 Å². The number of aromatic nitrogens is 3. The van der Waals surface area contributed by atoms with Gasteiger partial charge in [-0.2, -0.15) is 13.2 Å². The maximum absolute atomic E-state index is 13.2. The summed E-state index contributed by atoms with van der Waals surface area (Å²) in [7, 11) is 0. The Kier molecular flexibility index (Phi) is 7.23. The first kappa shape index (κ1) is 27.3. The topological polar surface area (TPSA) is 88.0 Å². The monoisotopic (exact) mass is 572 g/mol. The predicted octanol–water partition coefficient (Wildman–Crippen LogP) is 8.39. The number of rotatable bonds is 6. The normalized spacial score (nSPS) is 21.6. The minimum atomic E-state index is -4.57. The van der Waals surface area contributed by atoms with E-state index >= 15 is 0 Å². The first-order valence-corrected chi connectivity index (χ1v) is 14.2. The first-order chi connectivity index (χ1) is 18.4. The molecule has 1 saturated carbocycles. The molecule has 0 aliphatic heterocycles. The lowest BCUT2D eigenvalue weighted by Crippen LogP contribution is -2.38. The van der Waals surface area contributed by atoms with Crippen LogP contribution in [0.1, 0.15) is 55.3 Å². The highest BCUT2D eigenvalue weighted by atomic mass is 32.1. The van der Waals surface area contributed by atoms with E-state index in [2.05, 4.69) is 21.4 Å². The van der Waals surface area contributed by atoms with Crippen molar-refractivity contribution >= 4 is 40.3 Å². The van der Waals surface area contributed by atoms with E-state index < -0.39 is 23.3 Å². The van der Waals surface area contributed by atoms with Gasteiger partial charge >= 0.3 is 12.1 Å². The zero-order valence-electron chi connectivity index (χ0n) is 21.5. The highest BCUT2D eigenvalue weighted by molar-refractivity contribution is 7.15. The molecule has 1 aromatic carbocycles. The molecule has 11 heteroatoms. The van der Waals surface area contributed by atoms with Crippen molar-refractivity contribution < 1.29 is 23.1 Å². The summed E-state index contributed by atoms with van der Waals surface area (Å²) in [5.41, 5.74) is 1.72. The first-order valence-electron chi connectivity index (χ1n) is 12.5. The standard InChI is InChI=1S/C28H27F3N4O2S2/c1-15-6-9-38-23(15)19-11-18(12-20(13-19)34-26-32-8-5-22(35-26)28(29,30)31)21-14-33-24(39-21)17-4-7-27(3,25(36)37)16(2)10-17/h5-6,8-9,11-14,16-17H,4,7,10H2,1-3H3,(H,36,37)(H,32,34,35). The Labute approximate surface area is 232 Å². The Hall–Kier alpha value is -3.31. The summed E-state index contributed by atoms with van der Waals surface area (Å²) in [6.07, 6.45) is 0.445. The van der Waals surface area contributed by atoms with Crippen LogP contribution in [-0.2, 0) is 11.0 Å². The van der Waals surface area contributed by atoms with E-state index in [1.807, 2.05) is 50.5 Å². The molecule has 5 rings (SSSR count). The lowest BCUT2D eigenvalue weighted by molar-refractivity contribution is -0.153. The number of nitrogens with one attached hydrogen (secondary N) is 1. The fourth-order valence-electron chi connectivity index (χ4n) is 5.02. The average Bonchev–Trinajstić information content (AvgIpc) is 3.55. The molecule has 0 spiro atoms. The summed E-state index contributed by atoms with van der Waals surface area (Å²) in [6, 6.07) is 8.66. The predicted molar refractivity (Wildman–Crippen MR) is 147 cm³/mol. The van der Waals surface area contributed by atoms with Crippen LogP contribution >= 0.6 is 22.7 Å². The van der Waals surface area contributed by atoms with Gasteiger partial charge in [-0.25, -0.2) is 15.0 Å². The van der Waals surface area contributed by atoms with Crippen molar-refractivity contribution in [2.75, 3.05) is 5.32 Å². The van der Waals surface area contributed by atoms with Gasteiger partial charge < -0.3 is 10.4 Å². The smallest absolute Gasteiger partial charge is 0.433 e. The molecule has 39 heavy (non-hydrogen) atoms. The van der Waals surface area contributed by atoms with Gasteiger partial charge in [0.2, 0.25) is 5.95 Å². The van der Waals surface area contributed by atoms with Crippen LogP contribution in [0.3, 0.4) is 0 Å². The Bertz CT molecular complexity index is 1520. The number of aryl methyl sites for hydroxylation is 1. The lowest BCUT2D eigenvalue weighted by atomic mass is 9.65. The van der Waals surface area contributed by atoms with Crippen LogP contribution in [0.15, 0.2) is 48.1 Å². The molecule has 0 amide bonds. The second-order valence-corrected chi connectivity index (χ2v) is 12.3. The number of aliphatic carboxylic acids is 1. The molecule has 3 atom stereocenters. The summed E-state index contributed by atoms with van der Waals surface area (Å²) in [5.74, 6) is -0.684. The summed E-state index contributed by atoms with van der Waals surface area (Å²) >= 11 is 3.16. The zero-order chi connectivity index (χ0) is 27.9. The molecule has 6 nitrogen and oxygen atoms in total. The molecular formula is C28H27F3N4O2S2. The van der Waals surface area contributed by atoms with Crippen molar-refractivity contribution in [3.8, 4) is 20.9 Å². The zero-order valence-corrected chi connectivity index (χ0v) is 23.2. The summed E-state index contributed by atoms with van der Waals surface area (Å²) in [4.78, 5) is 26.2. The number of thiophene rings is 1.